The first kappa shape index (κ1) is 11.3. The number of rotatable bonds is 3. The second-order valence-corrected chi connectivity index (χ2v) is 4.65. The van der Waals surface area contributed by atoms with Crippen LogP contribution in [-0.2, 0) is 0 Å². The zero-order chi connectivity index (χ0) is 12.4. The van der Waals surface area contributed by atoms with Crippen molar-refractivity contribution in [2.75, 3.05) is 0 Å². The fraction of sp³-hybridized carbons (Fsp3) is 0.357. The topological polar surface area (TPSA) is 27.1 Å². The molecule has 0 unspecified atom stereocenters. The zero-order valence-corrected chi connectivity index (χ0v) is 10.1. The standard InChI is InChI=1S/C14H15FN2O/c15-11-4-3-7-13(8-11)18-14-9-16-17(10-14)12-5-1-2-6-12/h3-4,7-10,12H,1-2,5-6H2. The molecule has 1 aromatic heterocycles. The van der Waals surface area contributed by atoms with Gasteiger partial charge in [-0.25, -0.2) is 4.39 Å². The first-order valence-corrected chi connectivity index (χ1v) is 6.29. The molecular weight excluding hydrogens is 231 g/mol. The largest absolute Gasteiger partial charge is 0.454 e. The summed E-state index contributed by atoms with van der Waals surface area (Å²) in [5.41, 5.74) is 0. The third-order valence-electron chi connectivity index (χ3n) is 3.31. The maximum absolute atomic E-state index is 13.0. The second kappa shape index (κ2) is 4.80. The van der Waals surface area contributed by atoms with Crippen molar-refractivity contribution in [3.63, 3.8) is 0 Å². The molecule has 0 bridgehead atoms. The summed E-state index contributed by atoms with van der Waals surface area (Å²) in [6, 6.07) is 6.62. The van der Waals surface area contributed by atoms with E-state index in [4.69, 9.17) is 4.74 Å². The van der Waals surface area contributed by atoms with E-state index in [9.17, 15) is 4.39 Å². The van der Waals surface area contributed by atoms with E-state index in [1.54, 1.807) is 18.3 Å². The van der Waals surface area contributed by atoms with Gasteiger partial charge in [0.1, 0.15) is 11.6 Å². The lowest BCUT2D eigenvalue weighted by molar-refractivity contribution is 0.454. The van der Waals surface area contributed by atoms with Gasteiger partial charge in [0.05, 0.1) is 18.4 Å². The molecule has 1 fully saturated rings. The van der Waals surface area contributed by atoms with Crippen molar-refractivity contribution in [1.82, 2.24) is 9.78 Å². The number of aromatic nitrogens is 2. The third-order valence-corrected chi connectivity index (χ3v) is 3.31. The van der Waals surface area contributed by atoms with Crippen molar-refractivity contribution in [1.29, 1.82) is 0 Å². The highest BCUT2D eigenvalue weighted by atomic mass is 19.1. The molecule has 1 aromatic carbocycles. The molecule has 4 heteroatoms. The normalized spacial score (nSPS) is 16.1. The Balaban J connectivity index is 1.73. The summed E-state index contributed by atoms with van der Waals surface area (Å²) in [6.07, 6.45) is 8.47. The van der Waals surface area contributed by atoms with Crippen molar-refractivity contribution >= 4 is 0 Å². The van der Waals surface area contributed by atoms with Gasteiger partial charge in [-0.3, -0.25) is 4.68 Å². The monoisotopic (exact) mass is 246 g/mol. The Morgan fingerprint density at radius 3 is 2.83 bits per heavy atom. The predicted octanol–water partition coefficient (Wildman–Crippen LogP) is 3.93. The quantitative estimate of drug-likeness (QED) is 0.820. The van der Waals surface area contributed by atoms with Crippen LogP contribution in [0.15, 0.2) is 36.7 Å². The highest BCUT2D eigenvalue weighted by Crippen LogP contribution is 2.30. The SMILES string of the molecule is Fc1cccc(Oc2cnn(C3CCCC3)c2)c1. The van der Waals surface area contributed by atoms with Crippen LogP contribution in [-0.4, -0.2) is 9.78 Å². The van der Waals surface area contributed by atoms with Gasteiger partial charge in [0.15, 0.2) is 5.75 Å². The molecule has 94 valence electrons. The van der Waals surface area contributed by atoms with Crippen LogP contribution in [0, 0.1) is 5.82 Å². The maximum atomic E-state index is 13.0. The van der Waals surface area contributed by atoms with Crippen molar-refractivity contribution in [2.24, 2.45) is 0 Å². The Labute approximate surface area is 105 Å². The van der Waals surface area contributed by atoms with Crippen molar-refractivity contribution in [3.8, 4) is 11.5 Å². The first-order valence-electron chi connectivity index (χ1n) is 6.29. The molecule has 0 N–H and O–H groups in total. The summed E-state index contributed by atoms with van der Waals surface area (Å²) < 4.78 is 20.6. The molecule has 3 rings (SSSR count). The number of benzene rings is 1. The smallest absolute Gasteiger partial charge is 0.165 e. The van der Waals surface area contributed by atoms with E-state index in [1.807, 2.05) is 10.9 Å². The van der Waals surface area contributed by atoms with Gasteiger partial charge >= 0.3 is 0 Å². The van der Waals surface area contributed by atoms with Crippen LogP contribution in [0.3, 0.4) is 0 Å². The second-order valence-electron chi connectivity index (χ2n) is 4.65. The molecule has 0 radical (unpaired) electrons. The van der Waals surface area contributed by atoms with Crippen LogP contribution < -0.4 is 4.74 Å². The lowest BCUT2D eigenvalue weighted by Crippen LogP contribution is -2.04. The average molecular weight is 246 g/mol. The molecule has 0 atom stereocenters. The summed E-state index contributed by atoms with van der Waals surface area (Å²) in [5.74, 6) is 0.865. The van der Waals surface area contributed by atoms with E-state index in [0.717, 1.165) is 0 Å². The van der Waals surface area contributed by atoms with Crippen LogP contribution >= 0.6 is 0 Å². The minimum atomic E-state index is -0.296. The fourth-order valence-electron chi connectivity index (χ4n) is 2.41. The lowest BCUT2D eigenvalue weighted by Gasteiger charge is -2.08. The number of halogens is 1. The summed E-state index contributed by atoms with van der Waals surface area (Å²) in [5, 5.41) is 4.31. The number of hydrogen-bond donors (Lipinski definition) is 0. The molecule has 3 nitrogen and oxygen atoms in total. The molecule has 2 aromatic rings. The van der Waals surface area contributed by atoms with Gasteiger partial charge in [-0.15, -0.1) is 0 Å². The molecule has 0 saturated heterocycles. The average Bonchev–Trinajstić information content (AvgIpc) is 2.98. The van der Waals surface area contributed by atoms with Gasteiger partial charge in [-0.05, 0) is 25.0 Å². The fourth-order valence-corrected chi connectivity index (χ4v) is 2.41. The van der Waals surface area contributed by atoms with Gasteiger partial charge in [-0.2, -0.15) is 5.10 Å². The van der Waals surface area contributed by atoms with Crippen LogP contribution in [0.5, 0.6) is 11.5 Å². The molecule has 18 heavy (non-hydrogen) atoms. The molecule has 0 aliphatic heterocycles. The molecule has 0 spiro atoms. The van der Waals surface area contributed by atoms with E-state index in [-0.39, 0.29) is 5.82 Å². The molecule has 1 aliphatic rings. The molecule has 1 heterocycles. The van der Waals surface area contributed by atoms with Crippen LogP contribution in [0.1, 0.15) is 31.7 Å². The molecule has 0 amide bonds. The Morgan fingerprint density at radius 2 is 2.06 bits per heavy atom. The summed E-state index contributed by atoms with van der Waals surface area (Å²) in [6.45, 7) is 0. The van der Waals surface area contributed by atoms with Crippen molar-refractivity contribution in [2.45, 2.75) is 31.7 Å². The zero-order valence-electron chi connectivity index (χ0n) is 10.1. The van der Waals surface area contributed by atoms with E-state index < -0.39 is 0 Å². The number of hydrogen-bond acceptors (Lipinski definition) is 2. The van der Waals surface area contributed by atoms with Crippen molar-refractivity contribution < 1.29 is 9.13 Å². The highest BCUT2D eigenvalue weighted by molar-refractivity contribution is 5.28. The summed E-state index contributed by atoms with van der Waals surface area (Å²) in [4.78, 5) is 0. The Morgan fingerprint density at radius 1 is 1.22 bits per heavy atom. The van der Waals surface area contributed by atoms with Gasteiger partial charge in [0.25, 0.3) is 0 Å². The van der Waals surface area contributed by atoms with Crippen LogP contribution in [0.4, 0.5) is 4.39 Å². The highest BCUT2D eigenvalue weighted by Gasteiger charge is 2.17. The van der Waals surface area contributed by atoms with E-state index in [2.05, 4.69) is 5.10 Å². The van der Waals surface area contributed by atoms with Crippen molar-refractivity contribution in [3.05, 3.63) is 42.5 Å². The maximum Gasteiger partial charge on any atom is 0.165 e. The predicted molar refractivity (Wildman–Crippen MR) is 66.2 cm³/mol. The van der Waals surface area contributed by atoms with E-state index >= 15 is 0 Å². The van der Waals surface area contributed by atoms with Gasteiger partial charge < -0.3 is 4.74 Å². The Kier molecular flexibility index (Phi) is 3.00. The van der Waals surface area contributed by atoms with Gasteiger partial charge in [0.2, 0.25) is 0 Å². The number of nitrogens with zero attached hydrogens (tertiary/aromatic N) is 2. The number of ether oxygens (including phenoxy) is 1. The van der Waals surface area contributed by atoms with E-state index in [1.165, 1.54) is 37.8 Å². The van der Waals surface area contributed by atoms with Crippen LogP contribution in [0.2, 0.25) is 0 Å². The van der Waals surface area contributed by atoms with E-state index in [0.29, 0.717) is 17.5 Å². The molecular formula is C14H15FN2O. The molecule has 1 saturated carbocycles. The lowest BCUT2D eigenvalue weighted by atomic mass is 10.3. The van der Waals surface area contributed by atoms with Crippen LogP contribution in [0.25, 0.3) is 0 Å². The third kappa shape index (κ3) is 2.37. The summed E-state index contributed by atoms with van der Waals surface area (Å²) >= 11 is 0. The minimum absolute atomic E-state index is 0.296. The first-order chi connectivity index (χ1) is 8.81. The van der Waals surface area contributed by atoms with Gasteiger partial charge in [0, 0.05) is 6.07 Å². The minimum Gasteiger partial charge on any atom is -0.454 e. The summed E-state index contributed by atoms with van der Waals surface area (Å²) in [7, 11) is 0. The molecule has 1 aliphatic carbocycles. The Bertz CT molecular complexity index is 532. The van der Waals surface area contributed by atoms with Gasteiger partial charge in [-0.1, -0.05) is 18.9 Å². The Hall–Kier alpha value is -1.84.